The summed E-state index contributed by atoms with van der Waals surface area (Å²) < 4.78 is 5.23. The van der Waals surface area contributed by atoms with E-state index in [2.05, 4.69) is 31.1 Å². The summed E-state index contributed by atoms with van der Waals surface area (Å²) in [6.45, 7) is 3.00. The van der Waals surface area contributed by atoms with Crippen LogP contribution in [-0.4, -0.2) is 41.9 Å². The van der Waals surface area contributed by atoms with Gasteiger partial charge < -0.3 is 9.64 Å². The van der Waals surface area contributed by atoms with Crippen LogP contribution < -0.4 is 0 Å². The molecule has 6 heteroatoms. The highest BCUT2D eigenvalue weighted by Crippen LogP contribution is 2.22. The lowest BCUT2D eigenvalue weighted by molar-refractivity contribution is -0.117. The van der Waals surface area contributed by atoms with Crippen LogP contribution in [0.5, 0.6) is 0 Å². The topological polar surface area (TPSA) is 54.3 Å². The van der Waals surface area contributed by atoms with Gasteiger partial charge in [-0.1, -0.05) is 15.9 Å². The highest BCUT2D eigenvalue weighted by atomic mass is 79.9. The van der Waals surface area contributed by atoms with E-state index in [0.717, 1.165) is 18.8 Å². The Kier molecular flexibility index (Phi) is 2.93. The van der Waals surface area contributed by atoms with Gasteiger partial charge in [-0.25, -0.2) is 0 Å². The second-order valence-corrected chi connectivity index (χ2v) is 3.99. The van der Waals surface area contributed by atoms with E-state index in [1.807, 2.05) is 0 Å². The third kappa shape index (κ3) is 1.85. The number of hydrogen-bond acceptors (Lipinski definition) is 4. The average molecular weight is 260 g/mol. The first-order valence-corrected chi connectivity index (χ1v) is 5.32. The second-order valence-electron chi connectivity index (χ2n) is 3.07. The molecule has 0 N–H and O–H groups in total. The number of carbonyl (C=O) groups is 1. The summed E-state index contributed by atoms with van der Waals surface area (Å²) in [5.74, 6) is -0.242. The molecule has 0 saturated carbocycles. The van der Waals surface area contributed by atoms with Crippen LogP contribution in [-0.2, 0) is 9.53 Å². The van der Waals surface area contributed by atoms with Gasteiger partial charge in [0.05, 0.1) is 25.1 Å². The Morgan fingerprint density at radius 3 is 2.93 bits per heavy atom. The molecule has 0 bridgehead atoms. The molecule has 2 aliphatic heterocycles. The fourth-order valence-electron chi connectivity index (χ4n) is 1.45. The van der Waals surface area contributed by atoms with Crippen molar-refractivity contribution in [2.75, 3.05) is 26.3 Å². The number of halogens is 1. The highest BCUT2D eigenvalue weighted by Gasteiger charge is 2.27. The molecule has 14 heavy (non-hydrogen) atoms. The summed E-state index contributed by atoms with van der Waals surface area (Å²) >= 11 is 3.30. The van der Waals surface area contributed by atoms with E-state index in [4.69, 9.17) is 4.74 Å². The second kappa shape index (κ2) is 4.18. The lowest BCUT2D eigenvalue weighted by Crippen LogP contribution is -2.40. The SMILES string of the molecule is O=C1N=NC=C(N2CCOCC2)C1Br. The predicted molar refractivity (Wildman–Crippen MR) is 53.1 cm³/mol. The first-order valence-electron chi connectivity index (χ1n) is 4.40. The quantitative estimate of drug-likeness (QED) is 0.658. The van der Waals surface area contributed by atoms with E-state index in [1.165, 1.54) is 0 Å². The molecule has 2 rings (SSSR count). The van der Waals surface area contributed by atoms with E-state index in [-0.39, 0.29) is 10.7 Å². The number of amides is 1. The minimum atomic E-state index is -0.349. The van der Waals surface area contributed by atoms with Crippen molar-refractivity contribution in [3.63, 3.8) is 0 Å². The Balaban J connectivity index is 2.12. The van der Waals surface area contributed by atoms with Gasteiger partial charge in [-0.15, -0.1) is 5.11 Å². The lowest BCUT2D eigenvalue weighted by Gasteiger charge is -2.32. The van der Waals surface area contributed by atoms with Gasteiger partial charge in [0.1, 0.15) is 4.83 Å². The van der Waals surface area contributed by atoms with Crippen LogP contribution in [0.4, 0.5) is 0 Å². The number of azo groups is 1. The van der Waals surface area contributed by atoms with Gasteiger partial charge in [-0.3, -0.25) is 4.79 Å². The molecular weight excluding hydrogens is 250 g/mol. The lowest BCUT2D eigenvalue weighted by atomic mass is 10.2. The van der Waals surface area contributed by atoms with Crippen LogP contribution in [0.15, 0.2) is 22.1 Å². The molecule has 1 saturated heterocycles. The van der Waals surface area contributed by atoms with E-state index < -0.39 is 0 Å². The molecule has 0 radical (unpaired) electrons. The molecule has 1 unspecified atom stereocenters. The first kappa shape index (κ1) is 9.79. The zero-order valence-corrected chi connectivity index (χ0v) is 9.11. The monoisotopic (exact) mass is 259 g/mol. The molecule has 0 aromatic carbocycles. The van der Waals surface area contributed by atoms with Crippen LogP contribution in [0, 0.1) is 0 Å². The molecule has 2 heterocycles. The maximum atomic E-state index is 11.2. The molecule has 5 nitrogen and oxygen atoms in total. The van der Waals surface area contributed by atoms with Gasteiger partial charge in [0.2, 0.25) is 0 Å². The van der Waals surface area contributed by atoms with Gasteiger partial charge >= 0.3 is 0 Å². The number of rotatable bonds is 1. The van der Waals surface area contributed by atoms with Crippen LogP contribution in [0.25, 0.3) is 0 Å². The van der Waals surface area contributed by atoms with Gasteiger partial charge in [0, 0.05) is 13.1 Å². The van der Waals surface area contributed by atoms with Gasteiger partial charge in [-0.05, 0) is 0 Å². The molecule has 1 amide bonds. The van der Waals surface area contributed by atoms with Crippen molar-refractivity contribution >= 4 is 21.8 Å². The fourth-order valence-corrected chi connectivity index (χ4v) is 1.95. The minimum absolute atomic E-state index is 0.242. The van der Waals surface area contributed by atoms with Gasteiger partial charge in [-0.2, -0.15) is 5.11 Å². The number of morpholine rings is 1. The molecule has 1 fully saturated rings. The third-order valence-electron chi connectivity index (χ3n) is 2.20. The Bertz CT molecular complexity index is 297. The van der Waals surface area contributed by atoms with Crippen molar-refractivity contribution < 1.29 is 9.53 Å². The largest absolute Gasteiger partial charge is 0.378 e. The molecule has 0 aliphatic carbocycles. The standard InChI is InChI=1S/C8H10BrN3O2/c9-7-6(5-10-11-8(7)13)12-1-3-14-4-2-12/h5,7H,1-4H2. The maximum absolute atomic E-state index is 11.2. The molecule has 1 atom stereocenters. The number of ether oxygens (including phenoxy) is 1. The molecule has 76 valence electrons. The third-order valence-corrected chi connectivity index (χ3v) is 3.06. The van der Waals surface area contributed by atoms with Crippen molar-refractivity contribution in [1.29, 1.82) is 0 Å². The maximum Gasteiger partial charge on any atom is 0.284 e. The molecule has 0 aromatic rings. The van der Waals surface area contributed by atoms with Gasteiger partial charge in [0.15, 0.2) is 0 Å². The number of alkyl halides is 1. The van der Waals surface area contributed by atoms with Crippen LogP contribution >= 0.6 is 15.9 Å². The van der Waals surface area contributed by atoms with Crippen LogP contribution in [0.1, 0.15) is 0 Å². The number of hydrogen-bond donors (Lipinski definition) is 0. The van der Waals surface area contributed by atoms with Crippen LogP contribution in [0.3, 0.4) is 0 Å². The summed E-state index contributed by atoms with van der Waals surface area (Å²) in [6, 6.07) is 0. The predicted octanol–water partition coefficient (Wildman–Crippen LogP) is 0.916. The van der Waals surface area contributed by atoms with Crippen LogP contribution in [0.2, 0.25) is 0 Å². The average Bonchev–Trinajstić information content (AvgIpc) is 2.23. The zero-order valence-electron chi connectivity index (χ0n) is 7.52. The van der Waals surface area contributed by atoms with Crippen molar-refractivity contribution in [2.24, 2.45) is 10.2 Å². The summed E-state index contributed by atoms with van der Waals surface area (Å²) in [7, 11) is 0. The summed E-state index contributed by atoms with van der Waals surface area (Å²) in [6.07, 6.45) is 1.63. The number of carbonyl (C=O) groups excluding carboxylic acids is 1. The molecule has 0 spiro atoms. The summed E-state index contributed by atoms with van der Waals surface area (Å²) in [5.41, 5.74) is 0.883. The van der Waals surface area contributed by atoms with Crippen molar-refractivity contribution in [1.82, 2.24) is 4.90 Å². The molecular formula is C8H10BrN3O2. The highest BCUT2D eigenvalue weighted by molar-refractivity contribution is 9.10. The smallest absolute Gasteiger partial charge is 0.284 e. The Hall–Kier alpha value is -0.750. The van der Waals surface area contributed by atoms with Crippen molar-refractivity contribution in [3.05, 3.63) is 11.9 Å². The Morgan fingerprint density at radius 2 is 2.21 bits per heavy atom. The van der Waals surface area contributed by atoms with Crippen molar-refractivity contribution in [3.8, 4) is 0 Å². The van der Waals surface area contributed by atoms with E-state index in [0.29, 0.717) is 13.2 Å². The molecule has 0 aromatic heterocycles. The normalized spacial score (nSPS) is 27.8. The van der Waals surface area contributed by atoms with E-state index >= 15 is 0 Å². The summed E-state index contributed by atoms with van der Waals surface area (Å²) in [5, 5.41) is 7.13. The van der Waals surface area contributed by atoms with E-state index in [1.54, 1.807) is 6.20 Å². The Labute approximate surface area is 89.9 Å². The van der Waals surface area contributed by atoms with E-state index in [9.17, 15) is 4.79 Å². The summed E-state index contributed by atoms with van der Waals surface area (Å²) in [4.78, 5) is 13.0. The Morgan fingerprint density at radius 1 is 1.50 bits per heavy atom. The van der Waals surface area contributed by atoms with Gasteiger partial charge in [0.25, 0.3) is 5.91 Å². The van der Waals surface area contributed by atoms with Crippen molar-refractivity contribution in [2.45, 2.75) is 4.83 Å². The number of nitrogens with zero attached hydrogens (tertiary/aromatic N) is 3. The zero-order chi connectivity index (χ0) is 9.97. The minimum Gasteiger partial charge on any atom is -0.378 e. The first-order chi connectivity index (χ1) is 6.79. The fraction of sp³-hybridized carbons (Fsp3) is 0.625. The molecule has 2 aliphatic rings.